The van der Waals surface area contributed by atoms with Crippen LogP contribution in [0.15, 0.2) is 16.6 Å². The minimum atomic E-state index is 0.719. The predicted molar refractivity (Wildman–Crippen MR) is 63.3 cm³/mol. The minimum Gasteiger partial charge on any atom is -0.496 e. The molecule has 0 bridgehead atoms. The Morgan fingerprint density at radius 2 is 2.21 bits per heavy atom. The van der Waals surface area contributed by atoms with Gasteiger partial charge in [0.05, 0.1) is 12.1 Å². The van der Waals surface area contributed by atoms with Gasteiger partial charge in [-0.3, -0.25) is 0 Å². The molecule has 0 aromatic heterocycles. The summed E-state index contributed by atoms with van der Waals surface area (Å²) in [6, 6.07) is 3.83. The molecule has 0 amide bonds. The van der Waals surface area contributed by atoms with Crippen molar-refractivity contribution in [1.82, 2.24) is 5.32 Å². The molecule has 1 aromatic rings. The molecule has 1 aromatic carbocycles. The van der Waals surface area contributed by atoms with Crippen LogP contribution in [0.4, 0.5) is 0 Å². The summed E-state index contributed by atoms with van der Waals surface area (Å²) in [6.45, 7) is 0.911. The first kappa shape index (κ1) is 11.8. The molecule has 14 heavy (non-hydrogen) atoms. The summed E-state index contributed by atoms with van der Waals surface area (Å²) in [5.74, 6) is 0.872. The molecule has 0 radical (unpaired) electrons. The number of halogens is 2. The van der Waals surface area contributed by atoms with Gasteiger partial charge in [0.15, 0.2) is 0 Å². The van der Waals surface area contributed by atoms with Gasteiger partial charge >= 0.3 is 0 Å². The second-order valence-electron chi connectivity index (χ2n) is 2.93. The van der Waals surface area contributed by atoms with Crippen molar-refractivity contribution in [1.29, 1.82) is 0 Å². The maximum absolute atomic E-state index is 6.00. The van der Waals surface area contributed by atoms with E-state index in [0.29, 0.717) is 0 Å². The molecule has 4 heteroatoms. The number of hydrogen-bond donors (Lipinski definition) is 1. The van der Waals surface area contributed by atoms with E-state index in [4.69, 9.17) is 16.3 Å². The fourth-order valence-electron chi connectivity index (χ4n) is 1.21. The molecule has 0 atom stereocenters. The van der Waals surface area contributed by atoms with Gasteiger partial charge in [0.2, 0.25) is 0 Å². The number of rotatable bonds is 4. The summed E-state index contributed by atoms with van der Waals surface area (Å²) in [6.07, 6.45) is 0.909. The Bertz CT molecular complexity index is 317. The number of likely N-dealkylation sites (N-methyl/N-ethyl adjacent to an activating group) is 1. The lowest BCUT2D eigenvalue weighted by Gasteiger charge is -2.09. The smallest absolute Gasteiger partial charge is 0.123 e. The van der Waals surface area contributed by atoms with Crippen molar-refractivity contribution < 1.29 is 4.74 Å². The first-order valence-corrected chi connectivity index (χ1v) is 5.52. The zero-order valence-electron chi connectivity index (χ0n) is 8.23. The zero-order valence-corrected chi connectivity index (χ0v) is 10.6. The van der Waals surface area contributed by atoms with E-state index >= 15 is 0 Å². The van der Waals surface area contributed by atoms with Crippen LogP contribution in [-0.4, -0.2) is 20.7 Å². The van der Waals surface area contributed by atoms with Crippen molar-refractivity contribution in [2.75, 3.05) is 20.7 Å². The van der Waals surface area contributed by atoms with Crippen molar-refractivity contribution in [3.63, 3.8) is 0 Å². The van der Waals surface area contributed by atoms with Crippen LogP contribution >= 0.6 is 27.5 Å². The monoisotopic (exact) mass is 277 g/mol. The summed E-state index contributed by atoms with van der Waals surface area (Å²) in [4.78, 5) is 0. The van der Waals surface area contributed by atoms with Gasteiger partial charge in [-0.2, -0.15) is 0 Å². The Hall–Kier alpha value is -0.250. The van der Waals surface area contributed by atoms with Crippen LogP contribution in [0.1, 0.15) is 5.56 Å². The first-order chi connectivity index (χ1) is 6.69. The van der Waals surface area contributed by atoms with Gasteiger partial charge in [-0.25, -0.2) is 0 Å². The fraction of sp³-hybridized carbons (Fsp3) is 0.400. The average molecular weight is 279 g/mol. The molecule has 0 aliphatic carbocycles. The van der Waals surface area contributed by atoms with E-state index < -0.39 is 0 Å². The maximum atomic E-state index is 6.00. The van der Waals surface area contributed by atoms with E-state index in [1.54, 1.807) is 7.11 Å². The predicted octanol–water partition coefficient (Wildman–Crippen LogP) is 2.87. The topological polar surface area (TPSA) is 21.3 Å². The molecule has 0 unspecified atom stereocenters. The van der Waals surface area contributed by atoms with Crippen molar-refractivity contribution in [3.8, 4) is 5.75 Å². The molecule has 0 saturated carbocycles. The molecule has 0 heterocycles. The molecule has 0 fully saturated rings. The summed E-state index contributed by atoms with van der Waals surface area (Å²) in [5.41, 5.74) is 1.12. The van der Waals surface area contributed by atoms with Crippen LogP contribution in [-0.2, 0) is 6.42 Å². The normalized spacial score (nSPS) is 10.3. The first-order valence-electron chi connectivity index (χ1n) is 4.35. The lowest BCUT2D eigenvalue weighted by atomic mass is 10.1. The zero-order chi connectivity index (χ0) is 10.6. The van der Waals surface area contributed by atoms with Gasteiger partial charge in [-0.1, -0.05) is 11.6 Å². The van der Waals surface area contributed by atoms with Crippen LogP contribution in [0.25, 0.3) is 0 Å². The van der Waals surface area contributed by atoms with Gasteiger partial charge in [0.25, 0.3) is 0 Å². The van der Waals surface area contributed by atoms with E-state index in [1.807, 2.05) is 19.2 Å². The second kappa shape index (κ2) is 5.59. The van der Waals surface area contributed by atoms with E-state index in [0.717, 1.165) is 33.8 Å². The Morgan fingerprint density at radius 3 is 2.79 bits per heavy atom. The van der Waals surface area contributed by atoms with E-state index in [2.05, 4.69) is 21.2 Å². The minimum absolute atomic E-state index is 0.719. The van der Waals surface area contributed by atoms with Gasteiger partial charge in [0, 0.05) is 4.47 Å². The second-order valence-corrected chi connectivity index (χ2v) is 4.19. The third-order valence-corrected chi connectivity index (χ3v) is 3.16. The van der Waals surface area contributed by atoms with Gasteiger partial charge in [-0.05, 0) is 53.6 Å². The highest BCUT2D eigenvalue weighted by Gasteiger charge is 2.06. The van der Waals surface area contributed by atoms with Crippen molar-refractivity contribution in [2.24, 2.45) is 0 Å². The molecular formula is C10H13BrClNO. The van der Waals surface area contributed by atoms with Crippen LogP contribution in [0, 0.1) is 0 Å². The molecule has 0 saturated heterocycles. The molecule has 0 spiro atoms. The Morgan fingerprint density at radius 1 is 1.50 bits per heavy atom. The molecule has 1 N–H and O–H groups in total. The number of nitrogens with one attached hydrogen (secondary N) is 1. The largest absolute Gasteiger partial charge is 0.496 e. The standard InChI is InChI=1S/C10H13BrClNO/c1-13-4-3-7-5-9(12)8(11)6-10(7)14-2/h5-6,13H,3-4H2,1-2H3. The van der Waals surface area contributed by atoms with Crippen LogP contribution in [0.3, 0.4) is 0 Å². The molecule has 2 nitrogen and oxygen atoms in total. The highest BCUT2D eigenvalue weighted by molar-refractivity contribution is 9.10. The summed E-state index contributed by atoms with van der Waals surface area (Å²) in [7, 11) is 3.59. The SMILES string of the molecule is CNCCc1cc(Cl)c(Br)cc1OC. The van der Waals surface area contributed by atoms with Gasteiger partial charge in [0.1, 0.15) is 5.75 Å². The van der Waals surface area contributed by atoms with Crippen LogP contribution in [0.5, 0.6) is 5.75 Å². The molecule has 0 aliphatic heterocycles. The lowest BCUT2D eigenvalue weighted by molar-refractivity contribution is 0.409. The molecular weight excluding hydrogens is 265 g/mol. The van der Waals surface area contributed by atoms with Gasteiger partial charge < -0.3 is 10.1 Å². The summed E-state index contributed by atoms with van der Waals surface area (Å²) >= 11 is 9.36. The average Bonchev–Trinajstić information content (AvgIpc) is 2.19. The van der Waals surface area contributed by atoms with Crippen molar-refractivity contribution >= 4 is 27.5 Å². The number of ether oxygens (including phenoxy) is 1. The van der Waals surface area contributed by atoms with Crippen molar-refractivity contribution in [3.05, 3.63) is 27.2 Å². The highest BCUT2D eigenvalue weighted by Crippen LogP contribution is 2.30. The van der Waals surface area contributed by atoms with Crippen LogP contribution in [0.2, 0.25) is 5.02 Å². The molecule has 1 rings (SSSR count). The number of methoxy groups -OCH3 is 1. The Balaban J connectivity index is 2.95. The Kier molecular flexibility index (Phi) is 4.72. The quantitative estimate of drug-likeness (QED) is 0.914. The fourth-order valence-corrected chi connectivity index (χ4v) is 1.72. The lowest BCUT2D eigenvalue weighted by Crippen LogP contribution is -2.10. The van der Waals surface area contributed by atoms with E-state index in [-0.39, 0.29) is 0 Å². The number of hydrogen-bond acceptors (Lipinski definition) is 2. The summed E-state index contributed by atoms with van der Waals surface area (Å²) < 4.78 is 6.13. The van der Waals surface area contributed by atoms with Gasteiger partial charge in [-0.15, -0.1) is 0 Å². The van der Waals surface area contributed by atoms with E-state index in [1.165, 1.54) is 0 Å². The third-order valence-electron chi connectivity index (χ3n) is 1.97. The molecule has 78 valence electrons. The number of benzene rings is 1. The third kappa shape index (κ3) is 2.87. The molecule has 0 aliphatic rings. The Labute approximate surface area is 97.7 Å². The van der Waals surface area contributed by atoms with Crippen molar-refractivity contribution in [2.45, 2.75) is 6.42 Å². The van der Waals surface area contributed by atoms with E-state index in [9.17, 15) is 0 Å². The summed E-state index contributed by atoms with van der Waals surface area (Å²) in [5, 5.41) is 3.81. The maximum Gasteiger partial charge on any atom is 0.123 e. The highest BCUT2D eigenvalue weighted by atomic mass is 79.9. The van der Waals surface area contributed by atoms with Crippen LogP contribution < -0.4 is 10.1 Å².